The van der Waals surface area contributed by atoms with E-state index in [2.05, 4.69) is 55.3 Å². The molecule has 0 atom stereocenters. The smallest absolute Gasteiger partial charge is 0.127 e. The molecule has 2 aromatic carbocycles. The van der Waals surface area contributed by atoms with Gasteiger partial charge >= 0.3 is 0 Å². The third kappa shape index (κ3) is 2.66. The Morgan fingerprint density at radius 1 is 1.04 bits per heavy atom. The number of hydrogen-bond acceptors (Lipinski definition) is 3. The lowest BCUT2D eigenvalue weighted by molar-refractivity contribution is 0.313. The summed E-state index contributed by atoms with van der Waals surface area (Å²) in [4.78, 5) is 5.10. The van der Waals surface area contributed by atoms with Crippen molar-refractivity contribution in [1.29, 1.82) is 0 Å². The molecule has 1 fully saturated rings. The van der Waals surface area contributed by atoms with E-state index < -0.39 is 0 Å². The maximum absolute atomic E-state index is 5.74. The summed E-state index contributed by atoms with van der Waals surface area (Å²) in [6, 6.07) is 13.3. The van der Waals surface area contributed by atoms with Crippen molar-refractivity contribution in [2.75, 3.05) is 27.2 Å². The van der Waals surface area contributed by atoms with Crippen molar-refractivity contribution in [2.45, 2.75) is 29.6 Å². The van der Waals surface area contributed by atoms with Crippen molar-refractivity contribution in [2.24, 2.45) is 0 Å². The molecule has 0 N–H and O–H groups in total. The quantitative estimate of drug-likeness (QED) is 0.620. The summed E-state index contributed by atoms with van der Waals surface area (Å²) in [5, 5.41) is 0. The van der Waals surface area contributed by atoms with E-state index in [9.17, 15) is 0 Å². The molecule has 3 heteroatoms. The van der Waals surface area contributed by atoms with Crippen molar-refractivity contribution >= 4 is 17.3 Å². The van der Waals surface area contributed by atoms with Crippen LogP contribution in [0.4, 0.5) is 0 Å². The second-order valence-electron chi connectivity index (χ2n) is 6.72. The van der Waals surface area contributed by atoms with Crippen LogP contribution in [0, 0.1) is 6.92 Å². The standard InChI is InChI=1S/C21H23NOS/c1-14-7-8-16-19(13-14)24-18-6-4-5-17(23-3)21(18)20(16)15-9-11-22(2)12-10-15/h4-8,13H,9-12H2,1-3H3. The Kier molecular flexibility index (Phi) is 4.15. The van der Waals surface area contributed by atoms with Crippen LogP contribution >= 0.6 is 11.8 Å². The lowest BCUT2D eigenvalue weighted by atomic mass is 9.87. The van der Waals surface area contributed by atoms with Crippen LogP contribution in [0.1, 0.15) is 29.5 Å². The molecule has 1 saturated heterocycles. The maximum atomic E-state index is 5.74. The molecule has 0 unspecified atom stereocenters. The molecule has 0 bridgehead atoms. The fraction of sp³-hybridized carbons (Fsp3) is 0.333. The summed E-state index contributed by atoms with van der Waals surface area (Å²) in [7, 11) is 3.99. The molecule has 24 heavy (non-hydrogen) atoms. The first-order valence-electron chi connectivity index (χ1n) is 8.54. The second kappa shape index (κ2) is 6.30. The van der Waals surface area contributed by atoms with Gasteiger partial charge in [0.2, 0.25) is 0 Å². The number of methoxy groups -OCH3 is 1. The predicted molar refractivity (Wildman–Crippen MR) is 101 cm³/mol. The number of fused-ring (bicyclic) bond motifs is 2. The average molecular weight is 337 g/mol. The third-order valence-electron chi connectivity index (χ3n) is 5.03. The number of ether oxygens (including phenoxy) is 1. The van der Waals surface area contributed by atoms with Gasteiger partial charge < -0.3 is 9.64 Å². The largest absolute Gasteiger partial charge is 0.496 e. The monoisotopic (exact) mass is 337 g/mol. The lowest BCUT2D eigenvalue weighted by Gasteiger charge is -2.31. The van der Waals surface area contributed by atoms with Crippen LogP contribution in [0.5, 0.6) is 5.75 Å². The van der Waals surface area contributed by atoms with E-state index in [-0.39, 0.29) is 0 Å². The van der Waals surface area contributed by atoms with E-state index >= 15 is 0 Å². The van der Waals surface area contributed by atoms with Gasteiger partial charge in [0.05, 0.1) is 7.11 Å². The van der Waals surface area contributed by atoms with E-state index in [1.54, 1.807) is 12.7 Å². The fourth-order valence-corrected chi connectivity index (χ4v) is 4.91. The number of piperidine rings is 1. The van der Waals surface area contributed by atoms with Crippen molar-refractivity contribution in [3.05, 3.63) is 58.7 Å². The average Bonchev–Trinajstić information content (AvgIpc) is 2.60. The molecule has 2 aromatic rings. The zero-order chi connectivity index (χ0) is 16.7. The Morgan fingerprint density at radius 3 is 2.58 bits per heavy atom. The summed E-state index contributed by atoms with van der Waals surface area (Å²) >= 11 is 1.87. The highest BCUT2D eigenvalue weighted by Gasteiger charge is 2.27. The highest BCUT2D eigenvalue weighted by Crippen LogP contribution is 2.50. The highest BCUT2D eigenvalue weighted by atomic mass is 32.2. The molecule has 2 heterocycles. The molecule has 0 amide bonds. The van der Waals surface area contributed by atoms with Gasteiger partial charge in [0.1, 0.15) is 5.75 Å². The molecule has 2 aliphatic heterocycles. The van der Waals surface area contributed by atoms with Gasteiger partial charge in [0, 0.05) is 28.4 Å². The van der Waals surface area contributed by atoms with Crippen molar-refractivity contribution in [3.63, 3.8) is 0 Å². The number of likely N-dealkylation sites (tertiary alicyclic amines) is 1. The summed E-state index contributed by atoms with van der Waals surface area (Å²) < 4.78 is 5.74. The van der Waals surface area contributed by atoms with Gasteiger partial charge in [-0.1, -0.05) is 35.5 Å². The van der Waals surface area contributed by atoms with E-state index in [4.69, 9.17) is 4.74 Å². The number of nitrogens with zero attached hydrogens (tertiary/aromatic N) is 1. The van der Waals surface area contributed by atoms with E-state index in [0.717, 1.165) is 31.7 Å². The third-order valence-corrected chi connectivity index (χ3v) is 6.15. The van der Waals surface area contributed by atoms with Crippen LogP contribution in [0.2, 0.25) is 0 Å². The van der Waals surface area contributed by atoms with Gasteiger partial charge in [-0.05, 0) is 61.7 Å². The minimum atomic E-state index is 0.993. The molecule has 0 spiro atoms. The molecular formula is C21H23NOS. The Hall–Kier alpha value is -1.71. The van der Waals surface area contributed by atoms with Crippen LogP contribution in [-0.2, 0) is 0 Å². The molecule has 124 valence electrons. The summed E-state index contributed by atoms with van der Waals surface area (Å²) in [6.45, 7) is 4.44. The topological polar surface area (TPSA) is 12.5 Å². The van der Waals surface area contributed by atoms with Crippen molar-refractivity contribution < 1.29 is 4.74 Å². The second-order valence-corrected chi connectivity index (χ2v) is 7.80. The Bertz CT molecular complexity index is 815. The Balaban J connectivity index is 1.96. The SMILES string of the molecule is COc1cccc2c1C(=C1CCN(C)CC1)c1ccc(C)cc1S2. The van der Waals surface area contributed by atoms with Crippen molar-refractivity contribution in [1.82, 2.24) is 4.90 Å². The molecular weight excluding hydrogens is 314 g/mol. The first-order chi connectivity index (χ1) is 11.7. The van der Waals surface area contributed by atoms with Gasteiger partial charge in [-0.2, -0.15) is 0 Å². The van der Waals surface area contributed by atoms with Gasteiger partial charge in [-0.15, -0.1) is 0 Å². The predicted octanol–water partition coefficient (Wildman–Crippen LogP) is 5.00. The minimum absolute atomic E-state index is 0.993. The first kappa shape index (κ1) is 15.8. The lowest BCUT2D eigenvalue weighted by Crippen LogP contribution is -2.27. The minimum Gasteiger partial charge on any atom is -0.496 e. The molecule has 2 nitrogen and oxygen atoms in total. The van der Waals surface area contributed by atoms with Crippen molar-refractivity contribution in [3.8, 4) is 5.75 Å². The number of hydrogen-bond donors (Lipinski definition) is 0. The molecule has 2 aliphatic rings. The molecule has 0 aromatic heterocycles. The zero-order valence-corrected chi connectivity index (χ0v) is 15.4. The number of aryl methyl sites for hydroxylation is 1. The van der Waals surface area contributed by atoms with E-state index in [1.165, 1.54) is 32.1 Å². The summed E-state index contributed by atoms with van der Waals surface area (Å²) in [5.74, 6) is 0.993. The Morgan fingerprint density at radius 2 is 1.83 bits per heavy atom. The maximum Gasteiger partial charge on any atom is 0.127 e. The fourth-order valence-electron chi connectivity index (χ4n) is 3.69. The van der Waals surface area contributed by atoms with E-state index in [1.807, 2.05) is 11.8 Å². The van der Waals surface area contributed by atoms with Crippen LogP contribution in [-0.4, -0.2) is 32.1 Å². The summed E-state index contributed by atoms with van der Waals surface area (Å²) in [5.41, 5.74) is 6.98. The van der Waals surface area contributed by atoms with Gasteiger partial charge in [0.25, 0.3) is 0 Å². The molecule has 0 radical (unpaired) electrons. The van der Waals surface area contributed by atoms with Gasteiger partial charge in [0.15, 0.2) is 0 Å². The summed E-state index contributed by atoms with van der Waals surface area (Å²) in [6.07, 6.45) is 2.28. The van der Waals surface area contributed by atoms with Crippen LogP contribution in [0.3, 0.4) is 0 Å². The van der Waals surface area contributed by atoms with Crippen LogP contribution in [0.15, 0.2) is 51.8 Å². The zero-order valence-electron chi connectivity index (χ0n) is 14.6. The van der Waals surface area contributed by atoms with Crippen LogP contribution in [0.25, 0.3) is 5.57 Å². The van der Waals surface area contributed by atoms with Gasteiger partial charge in [-0.25, -0.2) is 0 Å². The molecule has 4 rings (SSSR count). The molecule has 0 saturated carbocycles. The van der Waals surface area contributed by atoms with Crippen LogP contribution < -0.4 is 4.74 Å². The molecule has 0 aliphatic carbocycles. The highest BCUT2D eigenvalue weighted by molar-refractivity contribution is 7.99. The Labute approximate surface area is 148 Å². The number of rotatable bonds is 1. The first-order valence-corrected chi connectivity index (χ1v) is 9.36. The normalized spacial score (nSPS) is 17.5. The number of benzene rings is 2. The van der Waals surface area contributed by atoms with E-state index in [0.29, 0.717) is 0 Å². The van der Waals surface area contributed by atoms with Gasteiger partial charge in [-0.3, -0.25) is 0 Å².